The summed E-state index contributed by atoms with van der Waals surface area (Å²) in [7, 11) is 1.99. The molecule has 3 aliphatic rings. The van der Waals surface area contributed by atoms with E-state index in [2.05, 4.69) is 25.5 Å². The number of aromatic nitrogens is 2. The molecule has 0 radical (unpaired) electrons. The number of nitrogens with one attached hydrogen (secondary N) is 2. The van der Waals surface area contributed by atoms with E-state index in [9.17, 15) is 4.79 Å². The second-order valence-electron chi connectivity index (χ2n) is 10.5. The molecule has 3 aliphatic heterocycles. The van der Waals surface area contributed by atoms with Gasteiger partial charge in [-0.25, -0.2) is 14.8 Å². The lowest BCUT2D eigenvalue weighted by Crippen LogP contribution is -2.38. The fraction of sp³-hybridized carbons (Fsp3) is 0.696. The molecule has 200 valence electrons. The third-order valence-corrected chi connectivity index (χ3v) is 5.99. The Kier molecular flexibility index (Phi) is 7.54. The lowest BCUT2D eigenvalue weighted by molar-refractivity contribution is -0.197. The number of alkyl halides is 1. The molecular formula is C23H36ClN7O5. The van der Waals surface area contributed by atoms with Gasteiger partial charge in [0.1, 0.15) is 35.4 Å². The lowest BCUT2D eigenvalue weighted by Gasteiger charge is -2.28. The second kappa shape index (κ2) is 10.2. The number of carbonyl (C=O) groups excluding carboxylic acids is 1. The summed E-state index contributed by atoms with van der Waals surface area (Å²) in [4.78, 5) is 22.4. The van der Waals surface area contributed by atoms with Crippen LogP contribution in [0.5, 0.6) is 0 Å². The van der Waals surface area contributed by atoms with Crippen molar-refractivity contribution in [2.45, 2.75) is 76.2 Å². The Hall–Kier alpha value is -2.38. The van der Waals surface area contributed by atoms with Gasteiger partial charge in [-0.3, -0.25) is 4.57 Å². The van der Waals surface area contributed by atoms with Gasteiger partial charge in [0.15, 0.2) is 23.5 Å². The summed E-state index contributed by atoms with van der Waals surface area (Å²) in [6, 6.07) is 0. The van der Waals surface area contributed by atoms with Crippen LogP contribution in [0.2, 0.25) is 0 Å². The number of alkyl carbamates (subject to hydrolysis) is 1. The monoisotopic (exact) mass is 525 g/mol. The first kappa shape index (κ1) is 26.7. The molecule has 2 saturated heterocycles. The van der Waals surface area contributed by atoms with Crippen LogP contribution in [0.1, 0.15) is 46.5 Å². The van der Waals surface area contributed by atoms with Crippen molar-refractivity contribution in [3.63, 3.8) is 0 Å². The smallest absolute Gasteiger partial charge is 0.407 e. The minimum atomic E-state index is -0.745. The molecule has 0 aromatic carbocycles. The van der Waals surface area contributed by atoms with Crippen molar-refractivity contribution in [1.82, 2.24) is 19.8 Å². The SMILES string of the molecule is CN(C/C=C\CNC(=O)OC(C)(C)C)CC1O[C@@H](n2cnc3c2NC(Cl)N=C3N)[C@@H]2OC(C)(C)O[C@H]12. The van der Waals surface area contributed by atoms with E-state index in [-0.39, 0.29) is 24.1 Å². The zero-order valence-electron chi connectivity index (χ0n) is 21.5. The Balaban J connectivity index is 1.37. The van der Waals surface area contributed by atoms with Crippen LogP contribution >= 0.6 is 11.6 Å². The van der Waals surface area contributed by atoms with E-state index in [1.165, 1.54) is 0 Å². The fourth-order valence-corrected chi connectivity index (χ4v) is 4.63. The van der Waals surface area contributed by atoms with Gasteiger partial charge in [0, 0.05) is 19.6 Å². The number of ether oxygens (including phenoxy) is 4. The summed E-state index contributed by atoms with van der Waals surface area (Å²) in [5.41, 5.74) is 5.32. The van der Waals surface area contributed by atoms with Gasteiger partial charge in [-0.15, -0.1) is 0 Å². The third-order valence-electron chi connectivity index (χ3n) is 5.78. The highest BCUT2D eigenvalue weighted by atomic mass is 35.5. The van der Waals surface area contributed by atoms with Crippen LogP contribution in [0.25, 0.3) is 0 Å². The lowest BCUT2D eigenvalue weighted by atomic mass is 10.1. The molecule has 4 rings (SSSR count). The predicted octanol–water partition coefficient (Wildman–Crippen LogP) is 1.97. The van der Waals surface area contributed by atoms with Crippen LogP contribution in [0, 0.1) is 0 Å². The van der Waals surface area contributed by atoms with Gasteiger partial charge in [-0.05, 0) is 41.7 Å². The molecular weight excluding hydrogens is 490 g/mol. The first-order chi connectivity index (χ1) is 16.8. The van der Waals surface area contributed by atoms with Crippen molar-refractivity contribution in [2.75, 3.05) is 32.0 Å². The molecule has 0 aliphatic carbocycles. The Bertz CT molecular complexity index is 1020. The predicted molar refractivity (Wildman–Crippen MR) is 135 cm³/mol. The molecule has 0 bridgehead atoms. The molecule has 36 heavy (non-hydrogen) atoms. The minimum Gasteiger partial charge on any atom is -0.444 e. The number of anilines is 1. The molecule has 12 nitrogen and oxygen atoms in total. The van der Waals surface area contributed by atoms with E-state index < -0.39 is 29.3 Å². The number of aliphatic imine (C=N–C) groups is 1. The molecule has 2 unspecified atom stereocenters. The standard InChI is InChI=1S/C23H36ClN7O5/c1-22(2,3)36-21(32)26-9-7-8-10-30(6)11-13-15-16(35-23(4,5)34-15)19(33-13)31-12-27-14-17(25)28-20(24)29-18(14)31/h7-8,12-13,15-16,19-20,29H,9-11H2,1-6H3,(H2,25,28)(H,26,32)/b8-7-/t13?,15-,16-,19-,20?/m1/s1. The molecule has 1 amide bonds. The van der Waals surface area contributed by atoms with Crippen LogP contribution in [-0.4, -0.2) is 88.4 Å². The molecule has 5 atom stereocenters. The number of nitrogens with zero attached hydrogens (tertiary/aromatic N) is 4. The van der Waals surface area contributed by atoms with Crippen molar-refractivity contribution in [1.29, 1.82) is 0 Å². The number of likely N-dealkylation sites (N-methyl/N-ethyl adjacent to an activating group) is 1. The number of amides is 1. The van der Waals surface area contributed by atoms with Gasteiger partial charge in [0.25, 0.3) is 0 Å². The van der Waals surface area contributed by atoms with E-state index in [1.807, 2.05) is 58.4 Å². The van der Waals surface area contributed by atoms with Crippen molar-refractivity contribution < 1.29 is 23.7 Å². The summed E-state index contributed by atoms with van der Waals surface area (Å²) in [6.07, 6.45) is 3.72. The van der Waals surface area contributed by atoms with Gasteiger partial charge < -0.3 is 40.2 Å². The molecule has 13 heteroatoms. The Morgan fingerprint density at radius 1 is 1.36 bits per heavy atom. The number of fused-ring (bicyclic) bond motifs is 2. The normalized spacial score (nSPS) is 29.1. The Morgan fingerprint density at radius 3 is 2.81 bits per heavy atom. The van der Waals surface area contributed by atoms with Crippen molar-refractivity contribution in [3.8, 4) is 0 Å². The first-order valence-electron chi connectivity index (χ1n) is 12.0. The average Bonchev–Trinajstić information content (AvgIpc) is 3.38. The van der Waals surface area contributed by atoms with Crippen molar-refractivity contribution in [2.24, 2.45) is 10.7 Å². The second-order valence-corrected chi connectivity index (χ2v) is 11.0. The van der Waals surface area contributed by atoms with Crippen LogP contribution in [0.15, 0.2) is 23.5 Å². The largest absolute Gasteiger partial charge is 0.444 e. The average molecular weight is 526 g/mol. The summed E-state index contributed by atoms with van der Waals surface area (Å²) in [5, 5.41) is 5.80. The van der Waals surface area contributed by atoms with E-state index in [4.69, 9.17) is 36.3 Å². The van der Waals surface area contributed by atoms with Gasteiger partial charge >= 0.3 is 6.09 Å². The van der Waals surface area contributed by atoms with Gasteiger partial charge in [0.05, 0.1) is 6.33 Å². The minimum absolute atomic E-state index is 0.250. The number of imidazole rings is 1. The number of halogens is 1. The third kappa shape index (κ3) is 6.12. The van der Waals surface area contributed by atoms with Gasteiger partial charge in [0.2, 0.25) is 0 Å². The van der Waals surface area contributed by atoms with Crippen LogP contribution in [0.3, 0.4) is 0 Å². The molecule has 0 saturated carbocycles. The van der Waals surface area contributed by atoms with Crippen LogP contribution in [0.4, 0.5) is 10.6 Å². The summed E-state index contributed by atoms with van der Waals surface area (Å²) in [5.74, 6) is 0.157. The number of amidine groups is 1. The number of hydrogen-bond acceptors (Lipinski definition) is 10. The molecule has 1 aromatic heterocycles. The maximum Gasteiger partial charge on any atom is 0.407 e. The number of rotatable bonds is 7. The summed E-state index contributed by atoms with van der Waals surface area (Å²) >= 11 is 6.19. The van der Waals surface area contributed by atoms with Crippen LogP contribution in [-0.2, 0) is 18.9 Å². The number of hydrogen-bond donors (Lipinski definition) is 3. The highest BCUT2D eigenvalue weighted by Gasteiger charge is 2.56. The van der Waals surface area contributed by atoms with Crippen molar-refractivity contribution >= 4 is 29.3 Å². The molecule has 4 heterocycles. The topological polar surface area (TPSA) is 137 Å². The summed E-state index contributed by atoms with van der Waals surface area (Å²) < 4.78 is 26.0. The van der Waals surface area contributed by atoms with Gasteiger partial charge in [-0.2, -0.15) is 0 Å². The van der Waals surface area contributed by atoms with E-state index in [0.717, 1.165) is 0 Å². The summed E-state index contributed by atoms with van der Waals surface area (Å²) in [6.45, 7) is 10.9. The van der Waals surface area contributed by atoms with Crippen molar-refractivity contribution in [3.05, 3.63) is 24.2 Å². The fourth-order valence-electron chi connectivity index (χ4n) is 4.42. The Morgan fingerprint density at radius 2 is 2.08 bits per heavy atom. The number of nitrogens with two attached hydrogens (primary N) is 1. The maximum absolute atomic E-state index is 11.7. The zero-order valence-corrected chi connectivity index (χ0v) is 22.3. The number of carbonyl (C=O) groups is 1. The molecule has 4 N–H and O–H groups in total. The highest BCUT2D eigenvalue weighted by Crippen LogP contribution is 2.44. The zero-order chi connectivity index (χ0) is 26.3. The van der Waals surface area contributed by atoms with E-state index in [0.29, 0.717) is 31.1 Å². The maximum atomic E-state index is 11.7. The molecule has 1 aromatic rings. The quantitative estimate of drug-likeness (QED) is 0.277. The van der Waals surface area contributed by atoms with Gasteiger partial charge in [-0.1, -0.05) is 23.8 Å². The van der Waals surface area contributed by atoms with E-state index in [1.54, 1.807) is 6.33 Å². The first-order valence-corrected chi connectivity index (χ1v) is 12.4. The molecule has 0 spiro atoms. The van der Waals surface area contributed by atoms with Crippen LogP contribution < -0.4 is 16.4 Å². The highest BCUT2D eigenvalue weighted by molar-refractivity contribution is 6.23. The van der Waals surface area contributed by atoms with E-state index >= 15 is 0 Å². The molecule has 2 fully saturated rings. The Labute approximate surface area is 216 Å².